The highest BCUT2D eigenvalue weighted by atomic mass is 35.5. The zero-order chi connectivity index (χ0) is 25.2. The number of carbonyl (C=O) groups is 1. The molecule has 0 spiro atoms. The Hall–Kier alpha value is -3.31. The quantitative estimate of drug-likeness (QED) is 0.255. The van der Waals surface area contributed by atoms with Crippen molar-refractivity contribution >= 4 is 62.7 Å². The molecule has 0 fully saturated rings. The first kappa shape index (κ1) is 24.4. The second-order valence-electron chi connectivity index (χ2n) is 7.67. The number of carbonyl (C=O) groups excluding carboxylic acids is 1. The maximum absolute atomic E-state index is 12.6. The van der Waals surface area contributed by atoms with Crippen LogP contribution in [0.1, 0.15) is 28.9 Å². The molecule has 0 aliphatic rings. The van der Waals surface area contributed by atoms with Gasteiger partial charge in [0.15, 0.2) is 16.7 Å². The van der Waals surface area contributed by atoms with Crippen LogP contribution in [0.5, 0.6) is 0 Å². The third-order valence-electron chi connectivity index (χ3n) is 5.30. The molecule has 0 saturated carbocycles. The van der Waals surface area contributed by atoms with E-state index in [1.54, 1.807) is 34.8 Å². The number of aromatic nitrogens is 4. The summed E-state index contributed by atoms with van der Waals surface area (Å²) in [5, 5.41) is 20.4. The van der Waals surface area contributed by atoms with Crippen LogP contribution in [0, 0.1) is 0 Å². The first-order valence-electron chi connectivity index (χ1n) is 10.9. The van der Waals surface area contributed by atoms with Gasteiger partial charge in [-0.2, -0.15) is 9.61 Å². The van der Waals surface area contributed by atoms with Crippen molar-refractivity contribution < 1.29 is 9.21 Å². The molecule has 3 aromatic heterocycles. The Labute approximate surface area is 225 Å². The molecule has 3 heterocycles. The van der Waals surface area contributed by atoms with E-state index in [4.69, 9.17) is 39.8 Å². The molecule has 182 valence electrons. The van der Waals surface area contributed by atoms with Gasteiger partial charge in [0.05, 0.1) is 10.0 Å². The molecular weight excluding hydrogens is 539 g/mol. The van der Waals surface area contributed by atoms with Gasteiger partial charge < -0.3 is 9.73 Å². The summed E-state index contributed by atoms with van der Waals surface area (Å²) in [7, 11) is 0. The number of aryl methyl sites for hydroxylation is 1. The number of furan rings is 1. The van der Waals surface area contributed by atoms with Gasteiger partial charge in [0, 0.05) is 24.1 Å². The SMILES string of the molecule is CCc1nnc2sc(-c3ccc(CNC(=S)NC(=O)c4ccc(-c5cccc(Cl)c5Cl)o4)cc3)nn12. The zero-order valence-corrected chi connectivity index (χ0v) is 21.9. The van der Waals surface area contributed by atoms with Crippen molar-refractivity contribution in [3.8, 4) is 21.9 Å². The van der Waals surface area contributed by atoms with E-state index in [1.165, 1.54) is 11.3 Å². The summed E-state index contributed by atoms with van der Waals surface area (Å²) in [6.07, 6.45) is 0.767. The minimum absolute atomic E-state index is 0.103. The van der Waals surface area contributed by atoms with E-state index < -0.39 is 5.91 Å². The number of nitrogens with one attached hydrogen (secondary N) is 2. The summed E-state index contributed by atoms with van der Waals surface area (Å²) in [6.45, 7) is 2.46. The van der Waals surface area contributed by atoms with Crippen LogP contribution in [-0.2, 0) is 13.0 Å². The Balaban J connectivity index is 1.17. The Morgan fingerprint density at radius 1 is 1.11 bits per heavy atom. The molecule has 8 nitrogen and oxygen atoms in total. The molecule has 0 radical (unpaired) electrons. The zero-order valence-electron chi connectivity index (χ0n) is 18.8. The number of thiocarbonyl (C=S) groups is 1. The van der Waals surface area contributed by atoms with Crippen LogP contribution in [0.2, 0.25) is 10.0 Å². The fraction of sp³-hybridized carbons (Fsp3) is 0.125. The van der Waals surface area contributed by atoms with E-state index in [0.717, 1.165) is 33.3 Å². The van der Waals surface area contributed by atoms with Crippen LogP contribution in [0.4, 0.5) is 0 Å². The molecule has 5 aromatic rings. The maximum atomic E-state index is 12.6. The lowest BCUT2D eigenvalue weighted by atomic mass is 10.1. The van der Waals surface area contributed by atoms with Gasteiger partial charge in [0.2, 0.25) is 4.96 Å². The van der Waals surface area contributed by atoms with E-state index in [9.17, 15) is 4.79 Å². The first-order chi connectivity index (χ1) is 17.4. The predicted octanol–water partition coefficient (Wildman–Crippen LogP) is 5.79. The van der Waals surface area contributed by atoms with Crippen molar-refractivity contribution in [3.05, 3.63) is 81.8 Å². The normalized spacial score (nSPS) is 11.1. The minimum atomic E-state index is -0.470. The predicted molar refractivity (Wildman–Crippen MR) is 145 cm³/mol. The fourth-order valence-corrected chi connectivity index (χ4v) is 4.87. The van der Waals surface area contributed by atoms with Crippen molar-refractivity contribution in [2.75, 3.05) is 0 Å². The lowest BCUT2D eigenvalue weighted by molar-refractivity contribution is 0.0950. The van der Waals surface area contributed by atoms with Gasteiger partial charge in [-0.1, -0.05) is 71.8 Å². The standard InChI is InChI=1S/C24H18Cl2N6O2S2/c1-2-19-29-30-24-32(19)31-22(36-24)14-8-6-13(7-9-14)12-27-23(35)28-21(33)18-11-10-17(34-18)15-4-3-5-16(25)20(15)26/h3-11H,2,12H2,1H3,(H2,27,28,33,35). The van der Waals surface area contributed by atoms with Crippen molar-refractivity contribution in [3.63, 3.8) is 0 Å². The second-order valence-corrected chi connectivity index (χ2v) is 9.82. The van der Waals surface area contributed by atoms with E-state index in [1.807, 2.05) is 31.2 Å². The molecule has 36 heavy (non-hydrogen) atoms. The van der Waals surface area contributed by atoms with Crippen LogP contribution in [0.15, 0.2) is 59.0 Å². The van der Waals surface area contributed by atoms with Gasteiger partial charge in [0.25, 0.3) is 5.91 Å². The Bertz CT molecular complexity index is 1580. The molecule has 0 bridgehead atoms. The van der Waals surface area contributed by atoms with Crippen molar-refractivity contribution in [1.82, 2.24) is 30.4 Å². The van der Waals surface area contributed by atoms with Gasteiger partial charge in [-0.25, -0.2) is 0 Å². The largest absolute Gasteiger partial charge is 0.451 e. The smallest absolute Gasteiger partial charge is 0.293 e. The van der Waals surface area contributed by atoms with Crippen molar-refractivity contribution in [2.45, 2.75) is 19.9 Å². The molecule has 0 unspecified atom stereocenters. The van der Waals surface area contributed by atoms with Gasteiger partial charge in [-0.15, -0.1) is 10.2 Å². The minimum Gasteiger partial charge on any atom is -0.451 e. The number of amides is 1. The lowest BCUT2D eigenvalue weighted by Gasteiger charge is -2.09. The van der Waals surface area contributed by atoms with E-state index in [-0.39, 0.29) is 10.9 Å². The first-order valence-corrected chi connectivity index (χ1v) is 12.8. The van der Waals surface area contributed by atoms with Crippen LogP contribution in [0.25, 0.3) is 26.9 Å². The number of benzene rings is 2. The van der Waals surface area contributed by atoms with E-state index >= 15 is 0 Å². The van der Waals surface area contributed by atoms with E-state index in [2.05, 4.69) is 25.9 Å². The molecule has 0 saturated heterocycles. The summed E-state index contributed by atoms with van der Waals surface area (Å²) in [4.78, 5) is 13.3. The van der Waals surface area contributed by atoms with Gasteiger partial charge in [-0.3, -0.25) is 10.1 Å². The molecular formula is C24H18Cl2N6O2S2. The number of fused-ring (bicyclic) bond motifs is 1. The number of nitrogens with zero attached hydrogens (tertiary/aromatic N) is 4. The number of hydrogen-bond acceptors (Lipinski definition) is 7. The van der Waals surface area contributed by atoms with Crippen LogP contribution < -0.4 is 10.6 Å². The summed E-state index contributed by atoms with van der Waals surface area (Å²) in [5.41, 5.74) is 2.57. The van der Waals surface area contributed by atoms with Crippen molar-refractivity contribution in [1.29, 1.82) is 0 Å². The maximum Gasteiger partial charge on any atom is 0.293 e. The number of hydrogen-bond donors (Lipinski definition) is 2. The van der Waals surface area contributed by atoms with Crippen LogP contribution in [0.3, 0.4) is 0 Å². The molecule has 0 atom stereocenters. The van der Waals surface area contributed by atoms with Crippen LogP contribution >= 0.6 is 46.8 Å². The molecule has 2 N–H and O–H groups in total. The Morgan fingerprint density at radius 2 is 1.92 bits per heavy atom. The van der Waals surface area contributed by atoms with Crippen LogP contribution in [-0.4, -0.2) is 30.8 Å². The number of halogens is 2. The molecule has 5 rings (SSSR count). The highest BCUT2D eigenvalue weighted by Gasteiger charge is 2.16. The Morgan fingerprint density at radius 3 is 2.69 bits per heavy atom. The molecule has 12 heteroatoms. The lowest BCUT2D eigenvalue weighted by Crippen LogP contribution is -2.38. The molecule has 1 amide bonds. The van der Waals surface area contributed by atoms with E-state index in [0.29, 0.717) is 27.9 Å². The van der Waals surface area contributed by atoms with Gasteiger partial charge in [-0.05, 0) is 42.0 Å². The monoisotopic (exact) mass is 556 g/mol. The highest BCUT2D eigenvalue weighted by Crippen LogP contribution is 2.34. The average molecular weight is 557 g/mol. The Kier molecular flexibility index (Phi) is 7.01. The summed E-state index contributed by atoms with van der Waals surface area (Å²) >= 11 is 19.1. The summed E-state index contributed by atoms with van der Waals surface area (Å²) in [5.74, 6) is 0.901. The highest BCUT2D eigenvalue weighted by molar-refractivity contribution is 7.80. The summed E-state index contributed by atoms with van der Waals surface area (Å²) < 4.78 is 7.44. The molecule has 2 aromatic carbocycles. The third kappa shape index (κ3) is 4.98. The fourth-order valence-electron chi connectivity index (χ4n) is 3.45. The summed E-state index contributed by atoms with van der Waals surface area (Å²) in [6, 6.07) is 16.3. The topological polar surface area (TPSA) is 97.3 Å². The van der Waals surface area contributed by atoms with Gasteiger partial charge >= 0.3 is 0 Å². The van der Waals surface area contributed by atoms with Gasteiger partial charge in [0.1, 0.15) is 10.8 Å². The average Bonchev–Trinajstić information content (AvgIpc) is 3.61. The number of rotatable bonds is 6. The third-order valence-corrected chi connectivity index (χ3v) is 7.31. The molecule has 0 aliphatic heterocycles. The molecule has 0 aliphatic carbocycles. The van der Waals surface area contributed by atoms with Crippen molar-refractivity contribution in [2.24, 2.45) is 0 Å². The second kappa shape index (κ2) is 10.4.